The van der Waals surface area contributed by atoms with E-state index in [1.54, 1.807) is 0 Å². The van der Waals surface area contributed by atoms with Crippen LogP contribution in [0.5, 0.6) is 0 Å². The van der Waals surface area contributed by atoms with Gasteiger partial charge in [-0.2, -0.15) is 0 Å². The van der Waals surface area contributed by atoms with Gasteiger partial charge in [-0.05, 0) is 14.0 Å². The monoisotopic (exact) mass is 277 g/mol. The van der Waals surface area contributed by atoms with Gasteiger partial charge in [0.1, 0.15) is 0 Å². The van der Waals surface area contributed by atoms with Crippen molar-refractivity contribution in [2.75, 3.05) is 18.9 Å². The van der Waals surface area contributed by atoms with Crippen LogP contribution in [0, 0.1) is 10.1 Å². The molecule has 7 heteroatoms. The molecule has 1 atom stereocenters. The molecule has 1 unspecified atom stereocenters. The largest absolute Gasteiger partial charge is 0.381 e. The molecule has 94 valence electrons. The van der Waals surface area contributed by atoms with E-state index in [1.165, 1.54) is 12.1 Å². The maximum absolute atomic E-state index is 10.6. The van der Waals surface area contributed by atoms with Gasteiger partial charge in [0, 0.05) is 24.7 Å². The van der Waals surface area contributed by atoms with Crippen molar-refractivity contribution in [3.8, 4) is 0 Å². The minimum atomic E-state index is -0.530. The summed E-state index contributed by atoms with van der Waals surface area (Å²) in [7, 11) is 1.84. The van der Waals surface area contributed by atoms with Crippen LogP contribution in [0.15, 0.2) is 12.1 Å². The Morgan fingerprint density at radius 1 is 1.41 bits per heavy atom. The highest BCUT2D eigenvalue weighted by molar-refractivity contribution is 6.39. The highest BCUT2D eigenvalue weighted by Crippen LogP contribution is 2.34. The number of non-ortho nitro benzene ring substituents is 1. The van der Waals surface area contributed by atoms with Gasteiger partial charge in [-0.1, -0.05) is 23.2 Å². The van der Waals surface area contributed by atoms with Crippen LogP contribution >= 0.6 is 23.2 Å². The first-order valence-electron chi connectivity index (χ1n) is 5.00. The average molecular weight is 278 g/mol. The Labute approximate surface area is 109 Å². The second kappa shape index (κ2) is 6.05. The van der Waals surface area contributed by atoms with Crippen molar-refractivity contribution in [1.29, 1.82) is 0 Å². The van der Waals surface area contributed by atoms with E-state index in [4.69, 9.17) is 23.2 Å². The minimum Gasteiger partial charge on any atom is -0.381 e. The number of rotatable bonds is 5. The molecule has 0 bridgehead atoms. The summed E-state index contributed by atoms with van der Waals surface area (Å²) in [5.74, 6) is 0. The summed E-state index contributed by atoms with van der Waals surface area (Å²) in [5, 5.41) is 17.2. The molecule has 0 saturated heterocycles. The molecule has 0 amide bonds. The smallest absolute Gasteiger partial charge is 0.272 e. The van der Waals surface area contributed by atoms with Gasteiger partial charge in [0.2, 0.25) is 0 Å². The third-order valence-electron chi connectivity index (χ3n) is 2.32. The topological polar surface area (TPSA) is 67.2 Å². The van der Waals surface area contributed by atoms with E-state index in [2.05, 4.69) is 10.6 Å². The molecule has 1 aromatic carbocycles. The van der Waals surface area contributed by atoms with Gasteiger partial charge in [-0.15, -0.1) is 0 Å². The molecule has 1 rings (SSSR count). The van der Waals surface area contributed by atoms with Crippen molar-refractivity contribution < 1.29 is 4.92 Å². The fraction of sp³-hybridized carbons (Fsp3) is 0.400. The van der Waals surface area contributed by atoms with Crippen LogP contribution < -0.4 is 10.6 Å². The molecular weight excluding hydrogens is 265 g/mol. The van der Waals surface area contributed by atoms with Crippen LogP contribution in [0.3, 0.4) is 0 Å². The minimum absolute atomic E-state index is 0.118. The third-order valence-corrected chi connectivity index (χ3v) is 2.91. The van der Waals surface area contributed by atoms with Crippen LogP contribution in [0.2, 0.25) is 10.0 Å². The molecule has 0 aliphatic rings. The molecule has 0 aliphatic heterocycles. The Morgan fingerprint density at radius 2 is 1.94 bits per heavy atom. The second-order valence-corrected chi connectivity index (χ2v) is 4.43. The highest BCUT2D eigenvalue weighted by atomic mass is 35.5. The Balaban J connectivity index is 2.90. The molecule has 0 heterocycles. The van der Waals surface area contributed by atoms with E-state index in [0.29, 0.717) is 12.2 Å². The molecule has 5 nitrogen and oxygen atoms in total. The molecule has 0 fully saturated rings. The highest BCUT2D eigenvalue weighted by Gasteiger charge is 2.14. The number of benzene rings is 1. The maximum Gasteiger partial charge on any atom is 0.272 e. The average Bonchev–Trinajstić information content (AvgIpc) is 2.27. The SMILES string of the molecule is CNC(C)CNc1c(Cl)cc([N+](=O)[O-])cc1Cl. The predicted octanol–water partition coefficient (Wildman–Crippen LogP) is 2.92. The van der Waals surface area contributed by atoms with Gasteiger partial charge in [0.15, 0.2) is 0 Å². The number of nitrogens with zero attached hydrogens (tertiary/aromatic N) is 1. The van der Waals surface area contributed by atoms with Crippen molar-refractivity contribution in [2.45, 2.75) is 13.0 Å². The summed E-state index contributed by atoms with van der Waals surface area (Å²) >= 11 is 11.9. The first-order chi connectivity index (χ1) is 7.95. The van der Waals surface area contributed by atoms with Crippen LogP contribution in [-0.4, -0.2) is 24.6 Å². The molecule has 0 saturated carbocycles. The van der Waals surface area contributed by atoms with Gasteiger partial charge in [-0.3, -0.25) is 10.1 Å². The van der Waals surface area contributed by atoms with Crippen molar-refractivity contribution >= 4 is 34.6 Å². The first-order valence-corrected chi connectivity index (χ1v) is 5.76. The third kappa shape index (κ3) is 3.73. The van der Waals surface area contributed by atoms with Crippen LogP contribution in [-0.2, 0) is 0 Å². The van der Waals surface area contributed by atoms with Crippen molar-refractivity contribution in [2.24, 2.45) is 0 Å². The maximum atomic E-state index is 10.6. The fourth-order valence-corrected chi connectivity index (χ4v) is 1.80. The van der Waals surface area contributed by atoms with E-state index < -0.39 is 4.92 Å². The van der Waals surface area contributed by atoms with Crippen molar-refractivity contribution in [1.82, 2.24) is 5.32 Å². The lowest BCUT2D eigenvalue weighted by atomic mass is 10.2. The molecule has 17 heavy (non-hydrogen) atoms. The first kappa shape index (κ1) is 14.0. The summed E-state index contributed by atoms with van der Waals surface area (Å²) in [6.45, 7) is 2.61. The number of nitro benzene ring substituents is 1. The van der Waals surface area contributed by atoms with Crippen LogP contribution in [0.4, 0.5) is 11.4 Å². The number of hydrogen-bond acceptors (Lipinski definition) is 4. The van der Waals surface area contributed by atoms with E-state index in [1.807, 2.05) is 14.0 Å². The van der Waals surface area contributed by atoms with Gasteiger partial charge >= 0.3 is 0 Å². The molecule has 0 radical (unpaired) electrons. The lowest BCUT2D eigenvalue weighted by Crippen LogP contribution is -2.29. The zero-order valence-corrected chi connectivity index (χ0v) is 11.0. The van der Waals surface area contributed by atoms with Gasteiger partial charge < -0.3 is 10.6 Å². The molecule has 2 N–H and O–H groups in total. The summed E-state index contributed by atoms with van der Waals surface area (Å²) in [5.41, 5.74) is 0.397. The van der Waals surface area contributed by atoms with Crippen molar-refractivity contribution in [3.05, 3.63) is 32.3 Å². The standard InChI is InChI=1S/C10H13Cl2N3O2/c1-6(13-2)5-14-10-8(11)3-7(15(16)17)4-9(10)12/h3-4,6,13-14H,5H2,1-2H3. The van der Waals surface area contributed by atoms with Gasteiger partial charge in [0.25, 0.3) is 5.69 Å². The van der Waals surface area contributed by atoms with E-state index >= 15 is 0 Å². The molecular formula is C10H13Cl2N3O2. The lowest BCUT2D eigenvalue weighted by molar-refractivity contribution is -0.384. The van der Waals surface area contributed by atoms with E-state index in [0.717, 1.165) is 0 Å². The van der Waals surface area contributed by atoms with E-state index in [9.17, 15) is 10.1 Å². The predicted molar refractivity (Wildman–Crippen MR) is 70.1 cm³/mol. The van der Waals surface area contributed by atoms with Crippen LogP contribution in [0.1, 0.15) is 6.92 Å². The molecule has 1 aromatic rings. The Bertz CT molecular complexity index is 403. The molecule has 0 aliphatic carbocycles. The number of nitrogens with one attached hydrogen (secondary N) is 2. The zero-order chi connectivity index (χ0) is 13.0. The number of likely N-dealkylation sites (N-methyl/N-ethyl adjacent to an activating group) is 1. The summed E-state index contributed by atoms with van der Waals surface area (Å²) in [6, 6.07) is 2.79. The molecule has 0 aromatic heterocycles. The zero-order valence-electron chi connectivity index (χ0n) is 9.46. The van der Waals surface area contributed by atoms with Gasteiger partial charge in [-0.25, -0.2) is 0 Å². The summed E-state index contributed by atoms with van der Waals surface area (Å²) in [6.07, 6.45) is 0. The number of halogens is 2. The van der Waals surface area contributed by atoms with Gasteiger partial charge in [0.05, 0.1) is 20.7 Å². The summed E-state index contributed by atoms with van der Waals surface area (Å²) < 4.78 is 0. The number of anilines is 1. The normalized spacial score (nSPS) is 12.2. The summed E-state index contributed by atoms with van der Waals surface area (Å²) in [4.78, 5) is 10.1. The quantitative estimate of drug-likeness (QED) is 0.642. The lowest BCUT2D eigenvalue weighted by Gasteiger charge is -2.14. The molecule has 0 spiro atoms. The number of nitro groups is 1. The Morgan fingerprint density at radius 3 is 2.35 bits per heavy atom. The van der Waals surface area contributed by atoms with E-state index in [-0.39, 0.29) is 21.8 Å². The van der Waals surface area contributed by atoms with Crippen molar-refractivity contribution in [3.63, 3.8) is 0 Å². The number of hydrogen-bond donors (Lipinski definition) is 2. The van der Waals surface area contributed by atoms with Crippen LogP contribution in [0.25, 0.3) is 0 Å². The fourth-order valence-electron chi connectivity index (χ4n) is 1.19. The second-order valence-electron chi connectivity index (χ2n) is 3.61. The Kier molecular flexibility index (Phi) is 4.99. The Hall–Kier alpha value is -1.04.